The summed E-state index contributed by atoms with van der Waals surface area (Å²) in [4.78, 5) is 0. The number of nitrogens with one attached hydrogen (secondary N) is 1. The summed E-state index contributed by atoms with van der Waals surface area (Å²) in [7, 11) is 0. The van der Waals surface area contributed by atoms with Crippen molar-refractivity contribution in [2.75, 3.05) is 11.9 Å². The Labute approximate surface area is 138 Å². The van der Waals surface area contributed by atoms with Crippen LogP contribution >= 0.6 is 23.2 Å². The normalized spacial score (nSPS) is 10.6. The third kappa shape index (κ3) is 3.59. The van der Waals surface area contributed by atoms with Gasteiger partial charge in [-0.1, -0.05) is 41.4 Å². The number of hydrogen-bond donors (Lipinski definition) is 1. The number of hydrogen-bond acceptors (Lipinski definition) is 4. The van der Waals surface area contributed by atoms with Crippen LogP contribution in [0.15, 0.2) is 52.9 Å². The molecular formula is C16H13Cl2N3O. The fourth-order valence-electron chi connectivity index (χ4n) is 1.99. The van der Waals surface area contributed by atoms with Gasteiger partial charge in [0.05, 0.1) is 10.7 Å². The van der Waals surface area contributed by atoms with Crippen molar-refractivity contribution < 1.29 is 4.42 Å². The maximum absolute atomic E-state index is 6.10. The molecule has 0 spiro atoms. The minimum atomic E-state index is 0.528. The second-order valence-electron chi connectivity index (χ2n) is 4.67. The minimum Gasteiger partial charge on any atom is -0.421 e. The second kappa shape index (κ2) is 6.81. The predicted molar refractivity (Wildman–Crippen MR) is 88.4 cm³/mol. The van der Waals surface area contributed by atoms with Crippen LogP contribution in [0.1, 0.15) is 5.89 Å². The Morgan fingerprint density at radius 1 is 1.00 bits per heavy atom. The number of aromatic nitrogens is 2. The molecule has 0 aliphatic carbocycles. The summed E-state index contributed by atoms with van der Waals surface area (Å²) in [6.45, 7) is 0.637. The van der Waals surface area contributed by atoms with Gasteiger partial charge in [0.2, 0.25) is 11.8 Å². The third-order valence-electron chi connectivity index (χ3n) is 3.07. The topological polar surface area (TPSA) is 51.0 Å². The highest BCUT2D eigenvalue weighted by molar-refractivity contribution is 6.36. The van der Waals surface area contributed by atoms with Gasteiger partial charge in [-0.05, 0) is 30.3 Å². The summed E-state index contributed by atoms with van der Waals surface area (Å²) < 4.78 is 5.64. The van der Waals surface area contributed by atoms with E-state index >= 15 is 0 Å². The fraction of sp³-hybridized carbons (Fsp3) is 0.125. The molecular weight excluding hydrogens is 321 g/mol. The first-order chi connectivity index (χ1) is 10.7. The van der Waals surface area contributed by atoms with Crippen molar-refractivity contribution in [3.8, 4) is 11.5 Å². The molecule has 112 valence electrons. The van der Waals surface area contributed by atoms with Crippen LogP contribution in [0.2, 0.25) is 10.0 Å². The molecule has 1 N–H and O–H groups in total. The van der Waals surface area contributed by atoms with Crippen LogP contribution in [0.4, 0.5) is 5.69 Å². The summed E-state index contributed by atoms with van der Waals surface area (Å²) >= 11 is 12.0. The average Bonchev–Trinajstić information content (AvgIpc) is 2.99. The van der Waals surface area contributed by atoms with Gasteiger partial charge in [0, 0.05) is 23.6 Å². The van der Waals surface area contributed by atoms with E-state index < -0.39 is 0 Å². The molecule has 6 heteroatoms. The number of anilines is 1. The van der Waals surface area contributed by atoms with Gasteiger partial charge in [-0.3, -0.25) is 0 Å². The van der Waals surface area contributed by atoms with Crippen molar-refractivity contribution in [3.63, 3.8) is 0 Å². The van der Waals surface area contributed by atoms with Gasteiger partial charge in [-0.15, -0.1) is 10.2 Å². The first-order valence-corrected chi connectivity index (χ1v) is 7.55. The Kier molecular flexibility index (Phi) is 4.61. The number of nitrogens with zero attached hydrogens (tertiary/aromatic N) is 2. The Morgan fingerprint density at radius 2 is 1.82 bits per heavy atom. The van der Waals surface area contributed by atoms with E-state index in [1.165, 1.54) is 0 Å². The van der Waals surface area contributed by atoms with Gasteiger partial charge >= 0.3 is 0 Å². The summed E-state index contributed by atoms with van der Waals surface area (Å²) in [6, 6.07) is 15.0. The van der Waals surface area contributed by atoms with Crippen LogP contribution in [-0.2, 0) is 6.42 Å². The third-order valence-corrected chi connectivity index (χ3v) is 3.62. The molecule has 0 saturated carbocycles. The van der Waals surface area contributed by atoms with Crippen molar-refractivity contribution in [2.45, 2.75) is 6.42 Å². The van der Waals surface area contributed by atoms with Gasteiger partial charge in [0.25, 0.3) is 0 Å². The Bertz CT molecular complexity index is 759. The number of benzene rings is 2. The maximum atomic E-state index is 6.10. The Balaban J connectivity index is 1.59. The quantitative estimate of drug-likeness (QED) is 0.735. The first-order valence-electron chi connectivity index (χ1n) is 6.79. The zero-order chi connectivity index (χ0) is 15.4. The molecule has 0 saturated heterocycles. The molecule has 0 radical (unpaired) electrons. The van der Waals surface area contributed by atoms with E-state index in [0.717, 1.165) is 11.3 Å². The van der Waals surface area contributed by atoms with Crippen molar-refractivity contribution >= 4 is 28.9 Å². The van der Waals surface area contributed by atoms with Crippen LogP contribution in [0.25, 0.3) is 11.5 Å². The second-order valence-corrected chi connectivity index (χ2v) is 5.51. The smallest absolute Gasteiger partial charge is 0.247 e. The van der Waals surface area contributed by atoms with Crippen LogP contribution in [0, 0.1) is 0 Å². The Morgan fingerprint density at radius 3 is 2.59 bits per heavy atom. The van der Waals surface area contributed by atoms with Crippen molar-refractivity contribution in [1.29, 1.82) is 0 Å². The zero-order valence-corrected chi connectivity index (χ0v) is 13.1. The lowest BCUT2D eigenvalue weighted by Gasteiger charge is -2.06. The molecule has 1 aromatic heterocycles. The van der Waals surface area contributed by atoms with E-state index in [9.17, 15) is 0 Å². The highest BCUT2D eigenvalue weighted by Crippen LogP contribution is 2.25. The molecule has 4 nitrogen and oxygen atoms in total. The minimum absolute atomic E-state index is 0.528. The SMILES string of the molecule is Clc1ccc(NCCc2nnc(-c3ccccc3)o2)c(Cl)c1. The van der Waals surface area contributed by atoms with E-state index in [1.807, 2.05) is 36.4 Å². The zero-order valence-electron chi connectivity index (χ0n) is 11.6. The Hall–Kier alpha value is -2.04. The first kappa shape index (κ1) is 14.9. The van der Waals surface area contributed by atoms with Gasteiger partial charge in [-0.25, -0.2) is 0 Å². The highest BCUT2D eigenvalue weighted by atomic mass is 35.5. The lowest BCUT2D eigenvalue weighted by atomic mass is 10.2. The van der Waals surface area contributed by atoms with E-state index in [4.69, 9.17) is 27.6 Å². The molecule has 1 heterocycles. The van der Waals surface area contributed by atoms with Crippen molar-refractivity contribution in [3.05, 3.63) is 64.5 Å². The molecule has 3 rings (SSSR count). The van der Waals surface area contributed by atoms with E-state index in [0.29, 0.717) is 34.8 Å². The number of halogens is 2. The highest BCUT2D eigenvalue weighted by Gasteiger charge is 2.08. The summed E-state index contributed by atoms with van der Waals surface area (Å²) in [6.07, 6.45) is 0.610. The van der Waals surface area contributed by atoms with Gasteiger partial charge in [0.1, 0.15) is 0 Å². The molecule has 0 amide bonds. The van der Waals surface area contributed by atoms with E-state index in [1.54, 1.807) is 12.1 Å². The van der Waals surface area contributed by atoms with Crippen LogP contribution < -0.4 is 5.32 Å². The monoisotopic (exact) mass is 333 g/mol. The van der Waals surface area contributed by atoms with E-state index in [2.05, 4.69) is 15.5 Å². The molecule has 0 bridgehead atoms. The molecule has 0 fully saturated rings. The summed E-state index contributed by atoms with van der Waals surface area (Å²) in [5.74, 6) is 1.11. The van der Waals surface area contributed by atoms with Crippen LogP contribution in [-0.4, -0.2) is 16.7 Å². The lowest BCUT2D eigenvalue weighted by Crippen LogP contribution is -2.05. The average molecular weight is 334 g/mol. The molecule has 0 aliphatic heterocycles. The van der Waals surface area contributed by atoms with Gasteiger partial charge < -0.3 is 9.73 Å². The number of rotatable bonds is 5. The standard InChI is InChI=1S/C16H13Cl2N3O/c17-12-6-7-14(13(18)10-12)19-9-8-15-20-21-16(22-15)11-4-2-1-3-5-11/h1-7,10,19H,8-9H2. The molecule has 0 aliphatic rings. The molecule has 0 unspecified atom stereocenters. The largest absolute Gasteiger partial charge is 0.421 e. The summed E-state index contributed by atoms with van der Waals surface area (Å²) in [5, 5.41) is 12.5. The molecule has 3 aromatic rings. The van der Waals surface area contributed by atoms with Crippen molar-refractivity contribution in [1.82, 2.24) is 10.2 Å². The van der Waals surface area contributed by atoms with Crippen LogP contribution in [0.3, 0.4) is 0 Å². The van der Waals surface area contributed by atoms with Crippen LogP contribution in [0.5, 0.6) is 0 Å². The van der Waals surface area contributed by atoms with Gasteiger partial charge in [0.15, 0.2) is 0 Å². The molecule has 0 atom stereocenters. The molecule has 22 heavy (non-hydrogen) atoms. The lowest BCUT2D eigenvalue weighted by molar-refractivity contribution is 0.509. The fourth-order valence-corrected chi connectivity index (χ4v) is 2.46. The van der Waals surface area contributed by atoms with Gasteiger partial charge in [-0.2, -0.15) is 0 Å². The van der Waals surface area contributed by atoms with Crippen molar-refractivity contribution in [2.24, 2.45) is 0 Å². The predicted octanol–water partition coefficient (Wildman–Crippen LogP) is 4.70. The maximum Gasteiger partial charge on any atom is 0.247 e. The van der Waals surface area contributed by atoms with E-state index in [-0.39, 0.29) is 0 Å². The summed E-state index contributed by atoms with van der Waals surface area (Å²) in [5.41, 5.74) is 1.74. The molecule has 2 aromatic carbocycles.